The summed E-state index contributed by atoms with van der Waals surface area (Å²) < 4.78 is 41.6. The topological polar surface area (TPSA) is 43.9 Å². The van der Waals surface area contributed by atoms with Crippen molar-refractivity contribution in [1.29, 1.82) is 0 Å². The van der Waals surface area contributed by atoms with E-state index in [1.54, 1.807) is 20.7 Å². The molecule has 0 N–H and O–H groups in total. The van der Waals surface area contributed by atoms with Crippen molar-refractivity contribution in [1.82, 2.24) is 13.5 Å². The van der Waals surface area contributed by atoms with Gasteiger partial charge in [0.1, 0.15) is 5.82 Å². The van der Waals surface area contributed by atoms with E-state index in [2.05, 4.69) is 4.90 Å². The fraction of sp³-hybridized carbons (Fsp3) is 0.600. The van der Waals surface area contributed by atoms with E-state index >= 15 is 0 Å². The fourth-order valence-corrected chi connectivity index (χ4v) is 4.78. The molecule has 3 rings (SSSR count). The summed E-state index contributed by atoms with van der Waals surface area (Å²) >= 11 is 0. The quantitative estimate of drug-likeness (QED) is 0.835. The smallest absolute Gasteiger partial charge is 0.282 e. The molecule has 0 radical (unpaired) electrons. The largest absolute Gasteiger partial charge is 0.304 e. The monoisotopic (exact) mass is 327 g/mol. The first-order valence-corrected chi connectivity index (χ1v) is 9.06. The van der Waals surface area contributed by atoms with Crippen LogP contribution < -0.4 is 0 Å². The summed E-state index contributed by atoms with van der Waals surface area (Å²) in [7, 11) is -1.36. The molecule has 0 aromatic heterocycles. The molecule has 22 heavy (non-hydrogen) atoms. The molecule has 1 aromatic carbocycles. The summed E-state index contributed by atoms with van der Waals surface area (Å²) in [5.74, 6) is -0.105. The van der Waals surface area contributed by atoms with Gasteiger partial charge in [0, 0.05) is 39.3 Å². The lowest BCUT2D eigenvalue weighted by molar-refractivity contribution is 0.214. The van der Waals surface area contributed by atoms with E-state index in [-0.39, 0.29) is 11.7 Å². The molecule has 2 saturated heterocycles. The average Bonchev–Trinajstić information content (AvgIpc) is 2.99. The van der Waals surface area contributed by atoms with E-state index < -0.39 is 10.2 Å². The van der Waals surface area contributed by atoms with E-state index in [4.69, 9.17) is 0 Å². The number of hydrogen-bond donors (Lipinski definition) is 0. The zero-order chi connectivity index (χ0) is 15.7. The van der Waals surface area contributed by atoms with Crippen molar-refractivity contribution in [3.05, 3.63) is 35.6 Å². The lowest BCUT2D eigenvalue weighted by Gasteiger charge is -2.34. The summed E-state index contributed by atoms with van der Waals surface area (Å²) in [5.41, 5.74) is 1.01. The van der Waals surface area contributed by atoms with Crippen LogP contribution in [-0.2, 0) is 10.2 Å². The van der Waals surface area contributed by atoms with Gasteiger partial charge in [-0.15, -0.1) is 0 Å². The number of rotatable bonds is 3. The lowest BCUT2D eigenvalue weighted by Crippen LogP contribution is -2.51. The number of nitrogens with zero attached hydrogens (tertiary/aromatic N) is 3. The predicted octanol–water partition coefficient (Wildman–Crippen LogP) is 1.11. The van der Waals surface area contributed by atoms with Gasteiger partial charge < -0.3 is 4.90 Å². The van der Waals surface area contributed by atoms with Crippen LogP contribution in [-0.4, -0.2) is 68.2 Å². The number of halogens is 1. The van der Waals surface area contributed by atoms with E-state index in [0.717, 1.165) is 25.1 Å². The molecule has 2 aliphatic heterocycles. The Labute approximate surface area is 131 Å². The maximum absolute atomic E-state index is 13.0. The van der Waals surface area contributed by atoms with E-state index in [1.807, 2.05) is 7.05 Å². The third-order valence-corrected chi connectivity index (χ3v) is 6.61. The number of benzene rings is 1. The normalized spacial score (nSPS) is 25.6. The Morgan fingerprint density at radius 1 is 1.00 bits per heavy atom. The molecule has 2 aliphatic rings. The van der Waals surface area contributed by atoms with Gasteiger partial charge in [0.05, 0.1) is 0 Å². The molecule has 122 valence electrons. The molecule has 5 nitrogen and oxygen atoms in total. The number of piperazine rings is 1. The van der Waals surface area contributed by atoms with Gasteiger partial charge in [0.15, 0.2) is 0 Å². The van der Waals surface area contributed by atoms with Gasteiger partial charge in [-0.25, -0.2) is 4.39 Å². The Hall–Kier alpha value is -1.02. The van der Waals surface area contributed by atoms with E-state index in [9.17, 15) is 12.8 Å². The molecule has 7 heteroatoms. The van der Waals surface area contributed by atoms with Gasteiger partial charge in [0.25, 0.3) is 10.2 Å². The SMILES string of the molecule is CN1CCN(S(=O)(=O)N2CC[C@H](c3ccc(F)cc3)C2)CC1. The van der Waals surface area contributed by atoms with Crippen LogP contribution in [0, 0.1) is 5.82 Å². The highest BCUT2D eigenvalue weighted by Crippen LogP contribution is 2.30. The number of likely N-dealkylation sites (N-methyl/N-ethyl adjacent to an activating group) is 1. The van der Waals surface area contributed by atoms with Crippen LogP contribution in [0.2, 0.25) is 0 Å². The Kier molecular flexibility index (Phi) is 4.49. The minimum Gasteiger partial charge on any atom is -0.304 e. The first-order chi connectivity index (χ1) is 10.5. The molecule has 1 aromatic rings. The van der Waals surface area contributed by atoms with Gasteiger partial charge in [-0.2, -0.15) is 17.0 Å². The third kappa shape index (κ3) is 3.17. The van der Waals surface area contributed by atoms with Gasteiger partial charge in [0.2, 0.25) is 0 Å². The average molecular weight is 327 g/mol. The highest BCUT2D eigenvalue weighted by molar-refractivity contribution is 7.86. The Balaban J connectivity index is 1.67. The molecule has 0 spiro atoms. The van der Waals surface area contributed by atoms with Crippen LogP contribution in [0.5, 0.6) is 0 Å². The second-order valence-corrected chi connectivity index (χ2v) is 8.03. The third-order valence-electron chi connectivity index (χ3n) is 4.61. The van der Waals surface area contributed by atoms with Gasteiger partial charge in [-0.3, -0.25) is 0 Å². The minimum atomic E-state index is -3.37. The van der Waals surface area contributed by atoms with Crippen molar-refractivity contribution in [2.45, 2.75) is 12.3 Å². The zero-order valence-electron chi connectivity index (χ0n) is 12.8. The molecule has 0 unspecified atom stereocenters. The second kappa shape index (κ2) is 6.23. The molecular formula is C15H22FN3O2S. The minimum absolute atomic E-state index is 0.155. The molecule has 0 amide bonds. The van der Waals surface area contributed by atoms with Crippen molar-refractivity contribution < 1.29 is 12.8 Å². The highest BCUT2D eigenvalue weighted by atomic mass is 32.2. The molecule has 0 bridgehead atoms. The van der Waals surface area contributed by atoms with Crippen LogP contribution in [0.25, 0.3) is 0 Å². The second-order valence-electron chi connectivity index (χ2n) is 6.11. The van der Waals surface area contributed by atoms with Crippen LogP contribution in [0.15, 0.2) is 24.3 Å². The maximum Gasteiger partial charge on any atom is 0.282 e. The highest BCUT2D eigenvalue weighted by Gasteiger charge is 2.36. The fourth-order valence-electron chi connectivity index (χ4n) is 3.13. The maximum atomic E-state index is 13.0. The summed E-state index contributed by atoms with van der Waals surface area (Å²) in [5, 5.41) is 0. The first kappa shape index (κ1) is 15.9. The zero-order valence-corrected chi connectivity index (χ0v) is 13.6. The Bertz CT molecular complexity index is 612. The van der Waals surface area contributed by atoms with Crippen molar-refractivity contribution in [2.24, 2.45) is 0 Å². The van der Waals surface area contributed by atoms with Gasteiger partial charge >= 0.3 is 0 Å². The van der Waals surface area contributed by atoms with E-state index in [0.29, 0.717) is 26.2 Å². The molecule has 2 heterocycles. The standard InChI is InChI=1S/C15H22FN3O2S/c1-17-8-10-18(11-9-17)22(20,21)19-7-6-14(12-19)13-2-4-15(16)5-3-13/h2-5,14H,6-12H2,1H3/t14-/m0/s1. The molecule has 1 atom stereocenters. The van der Waals surface area contributed by atoms with Crippen LogP contribution in [0.1, 0.15) is 17.9 Å². The van der Waals surface area contributed by atoms with Gasteiger partial charge in [-0.05, 0) is 37.1 Å². The Morgan fingerprint density at radius 3 is 2.27 bits per heavy atom. The van der Waals surface area contributed by atoms with Crippen LogP contribution in [0.4, 0.5) is 4.39 Å². The molecular weight excluding hydrogens is 305 g/mol. The predicted molar refractivity (Wildman–Crippen MR) is 83.3 cm³/mol. The summed E-state index contributed by atoms with van der Waals surface area (Å²) in [6.45, 7) is 3.67. The molecule has 0 aliphatic carbocycles. The first-order valence-electron chi connectivity index (χ1n) is 7.66. The summed E-state index contributed by atoms with van der Waals surface area (Å²) in [6, 6.07) is 6.39. The van der Waals surface area contributed by atoms with Crippen LogP contribution >= 0.6 is 0 Å². The van der Waals surface area contributed by atoms with Crippen molar-refractivity contribution in [3.63, 3.8) is 0 Å². The Morgan fingerprint density at radius 2 is 1.64 bits per heavy atom. The summed E-state index contributed by atoms with van der Waals surface area (Å²) in [4.78, 5) is 2.14. The molecule has 0 saturated carbocycles. The van der Waals surface area contributed by atoms with Crippen LogP contribution in [0.3, 0.4) is 0 Å². The van der Waals surface area contributed by atoms with Gasteiger partial charge in [-0.1, -0.05) is 12.1 Å². The van der Waals surface area contributed by atoms with E-state index in [1.165, 1.54) is 12.1 Å². The molecule has 2 fully saturated rings. The lowest BCUT2D eigenvalue weighted by atomic mass is 9.99. The van der Waals surface area contributed by atoms with Crippen molar-refractivity contribution in [2.75, 3.05) is 46.3 Å². The van der Waals surface area contributed by atoms with Crippen molar-refractivity contribution >= 4 is 10.2 Å². The van der Waals surface area contributed by atoms with Crippen molar-refractivity contribution in [3.8, 4) is 0 Å². The number of hydrogen-bond acceptors (Lipinski definition) is 3. The summed E-state index contributed by atoms with van der Waals surface area (Å²) in [6.07, 6.45) is 0.790.